The number of thiazole rings is 1. The van der Waals surface area contributed by atoms with Gasteiger partial charge in [-0.2, -0.15) is 5.26 Å². The van der Waals surface area contributed by atoms with Gasteiger partial charge < -0.3 is 0 Å². The highest BCUT2D eigenvalue weighted by Gasteiger charge is 2.09. The van der Waals surface area contributed by atoms with Crippen LogP contribution in [0.1, 0.15) is 18.2 Å². The lowest BCUT2D eigenvalue weighted by atomic mass is 10.2. The third-order valence-electron chi connectivity index (χ3n) is 2.03. The molecule has 1 heterocycles. The average Bonchev–Trinajstić information content (AvgIpc) is 2.57. The van der Waals surface area contributed by atoms with Crippen LogP contribution in [0.25, 0.3) is 0 Å². The van der Waals surface area contributed by atoms with Crippen LogP contribution < -0.4 is 0 Å². The Morgan fingerprint density at radius 1 is 1.77 bits per heavy atom. The Kier molecular flexibility index (Phi) is 3.87. The molecule has 13 heavy (non-hydrogen) atoms. The molecule has 0 fully saturated rings. The zero-order valence-electron chi connectivity index (χ0n) is 7.90. The summed E-state index contributed by atoms with van der Waals surface area (Å²) < 4.78 is 0. The smallest absolute Gasteiger partial charge is 0.0794 e. The van der Waals surface area contributed by atoms with E-state index in [2.05, 4.69) is 22.9 Å². The highest BCUT2D eigenvalue weighted by molar-refractivity contribution is 7.09. The zero-order chi connectivity index (χ0) is 9.68. The van der Waals surface area contributed by atoms with Crippen molar-refractivity contribution in [1.29, 1.82) is 5.26 Å². The van der Waals surface area contributed by atoms with E-state index in [0.29, 0.717) is 12.5 Å². The van der Waals surface area contributed by atoms with Crippen LogP contribution in [0.3, 0.4) is 0 Å². The van der Waals surface area contributed by atoms with Crippen molar-refractivity contribution in [2.75, 3.05) is 7.05 Å². The molecule has 0 bridgehead atoms. The fourth-order valence-corrected chi connectivity index (χ4v) is 1.67. The molecule has 1 rings (SSSR count). The monoisotopic (exact) mass is 195 g/mol. The van der Waals surface area contributed by atoms with Gasteiger partial charge in [-0.05, 0) is 14.0 Å². The Morgan fingerprint density at radius 2 is 2.54 bits per heavy atom. The normalized spacial score (nSPS) is 12.8. The zero-order valence-corrected chi connectivity index (χ0v) is 8.71. The Labute approximate surface area is 82.6 Å². The molecular formula is C9H13N3S. The number of hydrogen-bond donors (Lipinski definition) is 0. The third kappa shape index (κ3) is 3.13. The van der Waals surface area contributed by atoms with Crippen LogP contribution in [0.4, 0.5) is 0 Å². The van der Waals surface area contributed by atoms with Gasteiger partial charge in [-0.1, -0.05) is 0 Å². The van der Waals surface area contributed by atoms with Crippen molar-refractivity contribution in [2.24, 2.45) is 0 Å². The molecule has 3 nitrogen and oxygen atoms in total. The number of hydrogen-bond acceptors (Lipinski definition) is 4. The van der Waals surface area contributed by atoms with E-state index in [0.717, 1.165) is 6.54 Å². The molecule has 0 aromatic carbocycles. The SMILES string of the molecule is CC(CC#N)N(C)Cc1cncs1. The first-order valence-corrected chi connectivity index (χ1v) is 5.06. The van der Waals surface area contributed by atoms with Gasteiger partial charge in [0, 0.05) is 23.7 Å². The molecule has 1 aromatic heterocycles. The molecule has 0 aliphatic rings. The molecule has 0 N–H and O–H groups in total. The van der Waals surface area contributed by atoms with Gasteiger partial charge >= 0.3 is 0 Å². The van der Waals surface area contributed by atoms with Crippen molar-refractivity contribution in [3.8, 4) is 6.07 Å². The summed E-state index contributed by atoms with van der Waals surface area (Å²) in [6.45, 7) is 2.94. The maximum absolute atomic E-state index is 8.53. The lowest BCUT2D eigenvalue weighted by Gasteiger charge is -2.21. The second-order valence-electron chi connectivity index (χ2n) is 3.09. The van der Waals surface area contributed by atoms with Gasteiger partial charge in [-0.3, -0.25) is 9.88 Å². The average molecular weight is 195 g/mol. The van der Waals surface area contributed by atoms with E-state index in [1.165, 1.54) is 4.88 Å². The molecule has 0 saturated carbocycles. The number of rotatable bonds is 4. The first-order valence-electron chi connectivity index (χ1n) is 4.18. The fraction of sp³-hybridized carbons (Fsp3) is 0.556. The first-order chi connectivity index (χ1) is 6.24. The van der Waals surface area contributed by atoms with Gasteiger partial charge in [0.25, 0.3) is 0 Å². The molecule has 1 aromatic rings. The molecule has 4 heteroatoms. The molecule has 0 amide bonds. The molecule has 70 valence electrons. The van der Waals surface area contributed by atoms with Gasteiger partial charge in [-0.25, -0.2) is 0 Å². The predicted molar refractivity (Wildman–Crippen MR) is 53.3 cm³/mol. The topological polar surface area (TPSA) is 39.9 Å². The molecule has 0 aliphatic carbocycles. The van der Waals surface area contributed by atoms with Crippen molar-refractivity contribution in [3.63, 3.8) is 0 Å². The van der Waals surface area contributed by atoms with Crippen molar-refractivity contribution in [3.05, 3.63) is 16.6 Å². The maximum atomic E-state index is 8.53. The summed E-state index contributed by atoms with van der Waals surface area (Å²) in [5.74, 6) is 0. The lowest BCUT2D eigenvalue weighted by molar-refractivity contribution is 0.254. The maximum Gasteiger partial charge on any atom is 0.0794 e. The van der Waals surface area contributed by atoms with Crippen LogP contribution in [-0.2, 0) is 6.54 Å². The van der Waals surface area contributed by atoms with Crippen molar-refractivity contribution in [2.45, 2.75) is 25.9 Å². The van der Waals surface area contributed by atoms with Crippen LogP contribution in [0, 0.1) is 11.3 Å². The third-order valence-corrected chi connectivity index (χ3v) is 2.79. The number of aromatic nitrogens is 1. The Bertz CT molecular complexity index is 276. The molecular weight excluding hydrogens is 182 g/mol. The van der Waals surface area contributed by atoms with Gasteiger partial charge in [0.15, 0.2) is 0 Å². The Morgan fingerprint density at radius 3 is 3.08 bits per heavy atom. The van der Waals surface area contributed by atoms with E-state index < -0.39 is 0 Å². The Balaban J connectivity index is 2.42. The van der Waals surface area contributed by atoms with Crippen molar-refractivity contribution in [1.82, 2.24) is 9.88 Å². The second kappa shape index (κ2) is 4.95. The largest absolute Gasteiger partial charge is 0.298 e. The second-order valence-corrected chi connectivity index (χ2v) is 4.07. The van der Waals surface area contributed by atoms with Crippen LogP contribution in [0.15, 0.2) is 11.7 Å². The summed E-state index contributed by atoms with van der Waals surface area (Å²) in [4.78, 5) is 7.41. The van der Waals surface area contributed by atoms with E-state index in [-0.39, 0.29) is 0 Å². The van der Waals surface area contributed by atoms with E-state index in [9.17, 15) is 0 Å². The van der Waals surface area contributed by atoms with E-state index in [4.69, 9.17) is 5.26 Å². The first kappa shape index (κ1) is 10.2. The molecule has 0 radical (unpaired) electrons. The molecule has 0 spiro atoms. The molecule has 1 atom stereocenters. The summed E-state index contributed by atoms with van der Waals surface area (Å²) >= 11 is 1.65. The predicted octanol–water partition coefficient (Wildman–Crippen LogP) is 1.88. The van der Waals surface area contributed by atoms with Crippen LogP contribution in [0.2, 0.25) is 0 Å². The summed E-state index contributed by atoms with van der Waals surface area (Å²) in [6.07, 6.45) is 2.45. The van der Waals surface area contributed by atoms with Gasteiger partial charge in [-0.15, -0.1) is 11.3 Å². The van der Waals surface area contributed by atoms with Crippen molar-refractivity contribution < 1.29 is 0 Å². The summed E-state index contributed by atoms with van der Waals surface area (Å²) in [6, 6.07) is 2.49. The van der Waals surface area contributed by atoms with Crippen LogP contribution in [0.5, 0.6) is 0 Å². The summed E-state index contributed by atoms with van der Waals surface area (Å²) in [7, 11) is 2.03. The van der Waals surface area contributed by atoms with E-state index in [1.807, 2.05) is 18.8 Å². The summed E-state index contributed by atoms with van der Waals surface area (Å²) in [5, 5.41) is 8.53. The molecule has 0 saturated heterocycles. The lowest BCUT2D eigenvalue weighted by Crippen LogP contribution is -2.27. The highest BCUT2D eigenvalue weighted by atomic mass is 32.1. The Hall–Kier alpha value is -0.920. The number of nitriles is 1. The van der Waals surface area contributed by atoms with Gasteiger partial charge in [0.05, 0.1) is 18.0 Å². The van der Waals surface area contributed by atoms with Crippen LogP contribution in [-0.4, -0.2) is 23.0 Å². The fourth-order valence-electron chi connectivity index (χ4n) is 1.01. The van der Waals surface area contributed by atoms with Gasteiger partial charge in [0.1, 0.15) is 0 Å². The molecule has 1 unspecified atom stereocenters. The minimum atomic E-state index is 0.312. The number of nitrogens with zero attached hydrogens (tertiary/aromatic N) is 3. The quantitative estimate of drug-likeness (QED) is 0.736. The highest BCUT2D eigenvalue weighted by Crippen LogP contribution is 2.11. The minimum Gasteiger partial charge on any atom is -0.298 e. The van der Waals surface area contributed by atoms with Crippen molar-refractivity contribution >= 4 is 11.3 Å². The van der Waals surface area contributed by atoms with Crippen LogP contribution >= 0.6 is 11.3 Å². The van der Waals surface area contributed by atoms with E-state index in [1.54, 1.807) is 11.3 Å². The van der Waals surface area contributed by atoms with E-state index >= 15 is 0 Å². The summed E-state index contributed by atoms with van der Waals surface area (Å²) in [5.41, 5.74) is 1.83. The standard InChI is InChI=1S/C9H13N3S/c1-8(3-4-10)12(2)6-9-5-11-7-13-9/h5,7-8H,3,6H2,1-2H3. The molecule has 0 aliphatic heterocycles. The van der Waals surface area contributed by atoms with Gasteiger partial charge in [0.2, 0.25) is 0 Å². The minimum absolute atomic E-state index is 0.312.